The molecule has 0 aliphatic rings. The molecule has 0 unspecified atom stereocenters. The Kier molecular flexibility index (Phi) is 2.14. The molecule has 0 aliphatic carbocycles. The average Bonchev–Trinajstić information content (AvgIpc) is 2.76. The highest BCUT2D eigenvalue weighted by Crippen LogP contribution is 2.28. The predicted molar refractivity (Wildman–Crippen MR) is 69.0 cm³/mol. The number of thiazole rings is 1. The molecule has 0 aliphatic heterocycles. The van der Waals surface area contributed by atoms with Crippen LogP contribution in [0.5, 0.6) is 0 Å². The summed E-state index contributed by atoms with van der Waals surface area (Å²) in [5.41, 5.74) is 5.29. The van der Waals surface area contributed by atoms with E-state index in [1.54, 1.807) is 11.3 Å². The molecule has 0 saturated carbocycles. The number of rotatable bonds is 1. The number of pyridine rings is 1. The summed E-state index contributed by atoms with van der Waals surface area (Å²) in [6, 6.07) is 6.50. The molecule has 80 valence electrons. The molecular weight excluding hydrogens is 216 g/mol. The van der Waals surface area contributed by atoms with Crippen molar-refractivity contribution in [2.45, 2.75) is 19.8 Å². The Morgan fingerprint density at radius 1 is 1.12 bits per heavy atom. The largest absolute Gasteiger partial charge is 0.254 e. The van der Waals surface area contributed by atoms with Gasteiger partial charge in [-0.15, -0.1) is 11.3 Å². The van der Waals surface area contributed by atoms with Crippen molar-refractivity contribution >= 4 is 32.5 Å². The number of aromatic nitrogens is 2. The Morgan fingerprint density at radius 2 is 2.00 bits per heavy atom. The third kappa shape index (κ3) is 1.39. The van der Waals surface area contributed by atoms with Crippen LogP contribution in [0.2, 0.25) is 0 Å². The molecule has 16 heavy (non-hydrogen) atoms. The van der Waals surface area contributed by atoms with E-state index in [0.29, 0.717) is 5.92 Å². The molecule has 3 heteroatoms. The predicted octanol–water partition coefficient (Wildman–Crippen LogP) is 3.97. The molecule has 0 spiro atoms. The monoisotopic (exact) mass is 228 g/mol. The fourth-order valence-corrected chi connectivity index (χ4v) is 2.67. The third-order valence-corrected chi connectivity index (χ3v) is 3.73. The highest BCUT2D eigenvalue weighted by molar-refractivity contribution is 7.17. The number of benzene rings is 1. The molecule has 3 aromatic rings. The summed E-state index contributed by atoms with van der Waals surface area (Å²) in [6.07, 6.45) is 1.85. The van der Waals surface area contributed by atoms with E-state index in [1.807, 2.05) is 11.7 Å². The summed E-state index contributed by atoms with van der Waals surface area (Å²) in [6.45, 7) is 4.42. The van der Waals surface area contributed by atoms with E-state index in [0.717, 1.165) is 11.0 Å². The Bertz CT molecular complexity index is 655. The lowest BCUT2D eigenvalue weighted by Gasteiger charge is -2.06. The van der Waals surface area contributed by atoms with Gasteiger partial charge in [0.15, 0.2) is 0 Å². The van der Waals surface area contributed by atoms with Crippen molar-refractivity contribution in [3.63, 3.8) is 0 Å². The lowest BCUT2D eigenvalue weighted by molar-refractivity contribution is 0.869. The fraction of sp³-hybridized carbons (Fsp3) is 0.231. The van der Waals surface area contributed by atoms with E-state index >= 15 is 0 Å². The van der Waals surface area contributed by atoms with Gasteiger partial charge < -0.3 is 0 Å². The quantitative estimate of drug-likeness (QED) is 0.630. The standard InChI is InChI=1S/C13H12N2S/c1-8(2)9-3-4-11-10(5-9)13-12(6-14-11)15-7-16-13/h3-8H,1-2H3. The van der Waals surface area contributed by atoms with Crippen LogP contribution in [-0.2, 0) is 0 Å². The van der Waals surface area contributed by atoms with Gasteiger partial charge in [-0.2, -0.15) is 0 Å². The highest BCUT2D eigenvalue weighted by Gasteiger charge is 2.06. The van der Waals surface area contributed by atoms with Crippen LogP contribution >= 0.6 is 11.3 Å². The SMILES string of the molecule is CC(C)c1ccc2ncc3ncsc3c2c1. The Hall–Kier alpha value is -1.48. The summed E-state index contributed by atoms with van der Waals surface area (Å²) in [5, 5.41) is 1.23. The van der Waals surface area contributed by atoms with Crippen molar-refractivity contribution < 1.29 is 0 Å². The smallest absolute Gasteiger partial charge is 0.100 e. The molecule has 2 heterocycles. The molecule has 3 rings (SSSR count). The molecule has 0 saturated heterocycles. The Labute approximate surface area is 98.0 Å². The van der Waals surface area contributed by atoms with Gasteiger partial charge in [-0.3, -0.25) is 4.98 Å². The third-order valence-electron chi connectivity index (χ3n) is 2.85. The second-order valence-corrected chi connectivity index (χ2v) is 5.11. The van der Waals surface area contributed by atoms with E-state index in [1.165, 1.54) is 15.6 Å². The van der Waals surface area contributed by atoms with E-state index < -0.39 is 0 Å². The van der Waals surface area contributed by atoms with Gasteiger partial charge in [0.1, 0.15) is 5.52 Å². The minimum atomic E-state index is 0.549. The first-order valence-electron chi connectivity index (χ1n) is 5.37. The van der Waals surface area contributed by atoms with Crippen molar-refractivity contribution in [2.24, 2.45) is 0 Å². The molecule has 0 radical (unpaired) electrons. The van der Waals surface area contributed by atoms with Crippen molar-refractivity contribution in [2.75, 3.05) is 0 Å². The number of hydrogen-bond donors (Lipinski definition) is 0. The number of fused-ring (bicyclic) bond motifs is 3. The molecule has 0 atom stereocenters. The molecular formula is C13H12N2S. The van der Waals surface area contributed by atoms with Gasteiger partial charge in [0.2, 0.25) is 0 Å². The number of hydrogen-bond acceptors (Lipinski definition) is 3. The van der Waals surface area contributed by atoms with E-state index in [2.05, 4.69) is 42.0 Å². The Morgan fingerprint density at radius 3 is 2.81 bits per heavy atom. The van der Waals surface area contributed by atoms with Crippen LogP contribution in [0.25, 0.3) is 21.1 Å². The van der Waals surface area contributed by atoms with Crippen molar-refractivity contribution in [1.82, 2.24) is 9.97 Å². The second kappa shape index (κ2) is 3.52. The van der Waals surface area contributed by atoms with Crippen LogP contribution < -0.4 is 0 Å². The van der Waals surface area contributed by atoms with Crippen LogP contribution in [0.4, 0.5) is 0 Å². The average molecular weight is 228 g/mol. The summed E-state index contributed by atoms with van der Waals surface area (Å²) >= 11 is 1.69. The highest BCUT2D eigenvalue weighted by atomic mass is 32.1. The minimum absolute atomic E-state index is 0.549. The van der Waals surface area contributed by atoms with Crippen molar-refractivity contribution in [1.29, 1.82) is 0 Å². The van der Waals surface area contributed by atoms with Crippen molar-refractivity contribution in [3.05, 3.63) is 35.5 Å². The maximum atomic E-state index is 4.43. The van der Waals surface area contributed by atoms with Crippen molar-refractivity contribution in [3.8, 4) is 0 Å². The van der Waals surface area contributed by atoms with Crippen LogP contribution in [0, 0.1) is 0 Å². The Balaban J connectivity index is 2.41. The molecule has 0 amide bonds. The minimum Gasteiger partial charge on any atom is -0.254 e. The summed E-state index contributed by atoms with van der Waals surface area (Å²) in [4.78, 5) is 8.73. The van der Waals surface area contributed by atoms with Crippen LogP contribution in [0.3, 0.4) is 0 Å². The molecule has 0 fully saturated rings. The zero-order valence-corrected chi connectivity index (χ0v) is 10.1. The summed E-state index contributed by atoms with van der Waals surface area (Å²) in [5.74, 6) is 0.549. The van der Waals surface area contributed by atoms with Gasteiger partial charge in [0, 0.05) is 5.39 Å². The van der Waals surface area contributed by atoms with Gasteiger partial charge in [0.25, 0.3) is 0 Å². The van der Waals surface area contributed by atoms with Gasteiger partial charge >= 0.3 is 0 Å². The number of nitrogens with zero attached hydrogens (tertiary/aromatic N) is 2. The first-order chi connectivity index (χ1) is 7.75. The first-order valence-corrected chi connectivity index (χ1v) is 6.25. The topological polar surface area (TPSA) is 25.8 Å². The van der Waals surface area contributed by atoms with E-state index in [9.17, 15) is 0 Å². The molecule has 1 aromatic carbocycles. The zero-order valence-electron chi connectivity index (χ0n) is 9.27. The second-order valence-electron chi connectivity index (χ2n) is 4.26. The lowest BCUT2D eigenvalue weighted by Crippen LogP contribution is -1.88. The maximum absolute atomic E-state index is 4.43. The summed E-state index contributed by atoms with van der Waals surface area (Å²) in [7, 11) is 0. The van der Waals surface area contributed by atoms with Gasteiger partial charge in [-0.1, -0.05) is 19.9 Å². The zero-order chi connectivity index (χ0) is 11.1. The molecule has 2 aromatic heterocycles. The summed E-state index contributed by atoms with van der Waals surface area (Å²) < 4.78 is 1.24. The first kappa shape index (κ1) is 9.73. The molecule has 0 bridgehead atoms. The molecule has 2 nitrogen and oxygen atoms in total. The van der Waals surface area contributed by atoms with Gasteiger partial charge in [-0.25, -0.2) is 4.98 Å². The van der Waals surface area contributed by atoms with Crippen LogP contribution in [0.1, 0.15) is 25.3 Å². The van der Waals surface area contributed by atoms with Gasteiger partial charge in [-0.05, 0) is 23.6 Å². The van der Waals surface area contributed by atoms with Gasteiger partial charge in [0.05, 0.1) is 21.9 Å². The van der Waals surface area contributed by atoms with E-state index in [4.69, 9.17) is 0 Å². The van der Waals surface area contributed by atoms with Crippen LogP contribution in [-0.4, -0.2) is 9.97 Å². The van der Waals surface area contributed by atoms with E-state index in [-0.39, 0.29) is 0 Å². The maximum Gasteiger partial charge on any atom is 0.100 e. The van der Waals surface area contributed by atoms with Crippen LogP contribution in [0.15, 0.2) is 29.9 Å². The fourth-order valence-electron chi connectivity index (χ4n) is 1.89. The lowest BCUT2D eigenvalue weighted by atomic mass is 10.0. The normalized spacial score (nSPS) is 11.7. The molecule has 0 N–H and O–H groups in total.